The molecule has 1 amide bonds. The molecular formula is C13H21ClN2O. The minimum atomic E-state index is 0. The van der Waals surface area contributed by atoms with Crippen molar-refractivity contribution < 1.29 is 4.79 Å². The Hall–Kier alpha value is -1.06. The van der Waals surface area contributed by atoms with Crippen molar-refractivity contribution in [1.29, 1.82) is 0 Å². The van der Waals surface area contributed by atoms with Crippen LogP contribution in [-0.2, 0) is 11.2 Å². The van der Waals surface area contributed by atoms with Gasteiger partial charge in [0, 0.05) is 12.6 Å². The van der Waals surface area contributed by atoms with Crippen molar-refractivity contribution in [2.45, 2.75) is 26.3 Å². The van der Waals surface area contributed by atoms with E-state index in [1.165, 1.54) is 5.56 Å². The maximum absolute atomic E-state index is 11.6. The molecule has 1 unspecified atom stereocenters. The molecule has 4 heteroatoms. The summed E-state index contributed by atoms with van der Waals surface area (Å²) in [5.74, 6) is 0.0800. The summed E-state index contributed by atoms with van der Waals surface area (Å²) < 4.78 is 0. The number of benzene rings is 1. The lowest BCUT2D eigenvalue weighted by Crippen LogP contribution is -2.37. The number of likely N-dealkylation sites (N-methyl/N-ethyl adjacent to an activating group) is 1. The van der Waals surface area contributed by atoms with Crippen LogP contribution >= 0.6 is 12.4 Å². The van der Waals surface area contributed by atoms with Gasteiger partial charge in [0.2, 0.25) is 5.91 Å². The molecule has 0 aliphatic heterocycles. The topological polar surface area (TPSA) is 41.1 Å². The first-order valence-corrected chi connectivity index (χ1v) is 5.62. The van der Waals surface area contributed by atoms with E-state index in [-0.39, 0.29) is 18.3 Å². The van der Waals surface area contributed by atoms with Gasteiger partial charge in [-0.25, -0.2) is 0 Å². The number of hydrogen-bond donors (Lipinski definition) is 2. The standard InChI is InChI=1S/C13H20N2O.ClH/c1-10-6-4-5-7-12(10)8-13(16)15-9-11(2)14-3;/h4-7,11,14H,8-9H2,1-3H3,(H,15,16);1H. The number of carbonyl (C=O) groups excluding carboxylic acids is 1. The highest BCUT2D eigenvalue weighted by Crippen LogP contribution is 2.07. The summed E-state index contributed by atoms with van der Waals surface area (Å²) in [6.07, 6.45) is 0.461. The summed E-state index contributed by atoms with van der Waals surface area (Å²) in [4.78, 5) is 11.6. The molecule has 17 heavy (non-hydrogen) atoms. The van der Waals surface area contributed by atoms with E-state index in [9.17, 15) is 4.79 Å². The summed E-state index contributed by atoms with van der Waals surface area (Å²) >= 11 is 0. The summed E-state index contributed by atoms with van der Waals surface area (Å²) in [7, 11) is 1.89. The van der Waals surface area contributed by atoms with E-state index in [4.69, 9.17) is 0 Å². The molecule has 2 N–H and O–H groups in total. The molecule has 3 nitrogen and oxygen atoms in total. The highest BCUT2D eigenvalue weighted by molar-refractivity contribution is 5.85. The van der Waals surface area contributed by atoms with Crippen LogP contribution in [0.1, 0.15) is 18.1 Å². The maximum atomic E-state index is 11.6. The van der Waals surface area contributed by atoms with Gasteiger partial charge in [-0.1, -0.05) is 24.3 Å². The Morgan fingerprint density at radius 2 is 2.00 bits per heavy atom. The molecule has 0 fully saturated rings. The Kier molecular flexibility index (Phi) is 7.59. The lowest BCUT2D eigenvalue weighted by Gasteiger charge is -2.12. The fourth-order valence-electron chi connectivity index (χ4n) is 1.41. The SMILES string of the molecule is CNC(C)CNC(=O)Cc1ccccc1C.Cl. The van der Waals surface area contributed by atoms with E-state index in [1.54, 1.807) is 0 Å². The second-order valence-electron chi connectivity index (χ2n) is 4.10. The molecule has 1 aromatic carbocycles. The van der Waals surface area contributed by atoms with Crippen LogP contribution in [0.3, 0.4) is 0 Å². The van der Waals surface area contributed by atoms with Crippen molar-refractivity contribution in [3.05, 3.63) is 35.4 Å². The molecule has 0 radical (unpaired) electrons. The lowest BCUT2D eigenvalue weighted by atomic mass is 10.1. The molecule has 0 aliphatic carbocycles. The highest BCUT2D eigenvalue weighted by atomic mass is 35.5. The van der Waals surface area contributed by atoms with Gasteiger partial charge in [0.15, 0.2) is 0 Å². The van der Waals surface area contributed by atoms with E-state index in [1.807, 2.05) is 45.2 Å². The van der Waals surface area contributed by atoms with Gasteiger partial charge >= 0.3 is 0 Å². The number of amides is 1. The fraction of sp³-hybridized carbons (Fsp3) is 0.462. The Labute approximate surface area is 109 Å². The van der Waals surface area contributed by atoms with Crippen LogP contribution < -0.4 is 10.6 Å². The van der Waals surface area contributed by atoms with Crippen molar-refractivity contribution in [3.8, 4) is 0 Å². The van der Waals surface area contributed by atoms with E-state index in [2.05, 4.69) is 10.6 Å². The fourth-order valence-corrected chi connectivity index (χ4v) is 1.41. The number of aryl methyl sites for hydroxylation is 1. The van der Waals surface area contributed by atoms with E-state index < -0.39 is 0 Å². The van der Waals surface area contributed by atoms with Crippen LogP contribution in [0.15, 0.2) is 24.3 Å². The molecule has 1 aromatic rings. The number of halogens is 1. The van der Waals surface area contributed by atoms with Crippen molar-refractivity contribution in [2.24, 2.45) is 0 Å². The van der Waals surface area contributed by atoms with Gasteiger partial charge in [-0.15, -0.1) is 12.4 Å². The van der Waals surface area contributed by atoms with Crippen LogP contribution in [0.2, 0.25) is 0 Å². The second-order valence-corrected chi connectivity index (χ2v) is 4.10. The van der Waals surface area contributed by atoms with Crippen LogP contribution in [0.4, 0.5) is 0 Å². The maximum Gasteiger partial charge on any atom is 0.224 e. The second kappa shape index (κ2) is 8.09. The van der Waals surface area contributed by atoms with Gasteiger partial charge < -0.3 is 10.6 Å². The van der Waals surface area contributed by atoms with Crippen LogP contribution in [0.25, 0.3) is 0 Å². The van der Waals surface area contributed by atoms with Crippen LogP contribution in [0, 0.1) is 6.92 Å². The predicted octanol–water partition coefficient (Wildman–Crippen LogP) is 1.68. The minimum Gasteiger partial charge on any atom is -0.354 e. The third-order valence-electron chi connectivity index (χ3n) is 2.71. The van der Waals surface area contributed by atoms with Crippen molar-refractivity contribution >= 4 is 18.3 Å². The average Bonchev–Trinajstić information content (AvgIpc) is 2.29. The zero-order valence-electron chi connectivity index (χ0n) is 10.6. The van der Waals surface area contributed by atoms with Gasteiger partial charge in [-0.2, -0.15) is 0 Å². The average molecular weight is 257 g/mol. The smallest absolute Gasteiger partial charge is 0.224 e. The molecule has 0 bridgehead atoms. The minimum absolute atomic E-state index is 0. The monoisotopic (exact) mass is 256 g/mol. The zero-order chi connectivity index (χ0) is 12.0. The Morgan fingerprint density at radius 1 is 1.35 bits per heavy atom. The highest BCUT2D eigenvalue weighted by Gasteiger charge is 2.06. The van der Waals surface area contributed by atoms with Crippen LogP contribution in [0.5, 0.6) is 0 Å². The van der Waals surface area contributed by atoms with Crippen molar-refractivity contribution in [3.63, 3.8) is 0 Å². The molecule has 1 atom stereocenters. The number of rotatable bonds is 5. The van der Waals surface area contributed by atoms with Gasteiger partial charge in [-0.05, 0) is 32.0 Å². The molecule has 0 heterocycles. The number of carbonyl (C=O) groups is 1. The quantitative estimate of drug-likeness (QED) is 0.842. The van der Waals surface area contributed by atoms with E-state index in [0.717, 1.165) is 5.56 Å². The van der Waals surface area contributed by atoms with Gasteiger partial charge in [0.05, 0.1) is 6.42 Å². The first-order valence-electron chi connectivity index (χ1n) is 5.62. The molecule has 0 saturated carbocycles. The van der Waals surface area contributed by atoms with Crippen LogP contribution in [-0.4, -0.2) is 25.5 Å². The zero-order valence-corrected chi connectivity index (χ0v) is 11.4. The molecular weight excluding hydrogens is 236 g/mol. The third-order valence-corrected chi connectivity index (χ3v) is 2.71. The molecule has 96 valence electrons. The van der Waals surface area contributed by atoms with Gasteiger partial charge in [-0.3, -0.25) is 4.79 Å². The normalized spacial score (nSPS) is 11.5. The molecule has 0 saturated heterocycles. The molecule has 0 aliphatic rings. The predicted molar refractivity (Wildman–Crippen MR) is 73.7 cm³/mol. The number of hydrogen-bond acceptors (Lipinski definition) is 2. The lowest BCUT2D eigenvalue weighted by molar-refractivity contribution is -0.120. The van der Waals surface area contributed by atoms with Gasteiger partial charge in [0.1, 0.15) is 0 Å². The largest absolute Gasteiger partial charge is 0.354 e. The Balaban J connectivity index is 0.00000256. The van der Waals surface area contributed by atoms with E-state index >= 15 is 0 Å². The Bertz CT molecular complexity index is 355. The molecule has 0 aromatic heterocycles. The first kappa shape index (κ1) is 15.9. The molecule has 1 rings (SSSR count). The summed E-state index contributed by atoms with van der Waals surface area (Å²) in [6.45, 7) is 4.73. The van der Waals surface area contributed by atoms with Crippen molar-refractivity contribution in [2.75, 3.05) is 13.6 Å². The summed E-state index contributed by atoms with van der Waals surface area (Å²) in [6, 6.07) is 8.28. The van der Waals surface area contributed by atoms with Crippen molar-refractivity contribution in [1.82, 2.24) is 10.6 Å². The summed E-state index contributed by atoms with van der Waals surface area (Å²) in [5, 5.41) is 5.99. The first-order chi connectivity index (χ1) is 7.63. The van der Waals surface area contributed by atoms with E-state index in [0.29, 0.717) is 19.0 Å². The third kappa shape index (κ3) is 5.71. The Morgan fingerprint density at radius 3 is 2.59 bits per heavy atom. The van der Waals surface area contributed by atoms with Gasteiger partial charge in [0.25, 0.3) is 0 Å². The summed E-state index contributed by atoms with van der Waals surface area (Å²) in [5.41, 5.74) is 2.26. The number of nitrogens with one attached hydrogen (secondary N) is 2. The molecule has 0 spiro atoms.